The molecule has 0 fully saturated rings. The molecule has 0 spiro atoms. The highest BCUT2D eigenvalue weighted by atomic mass is 32.2. The molecular formula is C14H21N3O3S. The zero-order valence-electron chi connectivity index (χ0n) is 12.3. The lowest BCUT2D eigenvalue weighted by Crippen LogP contribution is -2.35. The van der Waals surface area contributed by atoms with Crippen molar-refractivity contribution >= 4 is 27.5 Å². The first kappa shape index (κ1) is 15.8. The summed E-state index contributed by atoms with van der Waals surface area (Å²) in [5.74, 6) is -0.0762. The van der Waals surface area contributed by atoms with E-state index in [1.165, 1.54) is 4.31 Å². The lowest BCUT2D eigenvalue weighted by molar-refractivity contribution is -0.120. The van der Waals surface area contributed by atoms with E-state index in [9.17, 15) is 13.2 Å². The second-order valence-electron chi connectivity index (χ2n) is 5.21. The van der Waals surface area contributed by atoms with Gasteiger partial charge in [-0.05, 0) is 37.0 Å². The van der Waals surface area contributed by atoms with Gasteiger partial charge in [0.05, 0.1) is 5.69 Å². The van der Waals surface area contributed by atoms with Gasteiger partial charge >= 0.3 is 0 Å². The van der Waals surface area contributed by atoms with E-state index in [0.29, 0.717) is 24.3 Å². The van der Waals surface area contributed by atoms with Crippen LogP contribution < -0.4 is 14.8 Å². The number of hydrogen-bond acceptors (Lipinski definition) is 3. The van der Waals surface area contributed by atoms with Crippen LogP contribution in [0, 0.1) is 5.92 Å². The Morgan fingerprint density at radius 1 is 1.38 bits per heavy atom. The highest BCUT2D eigenvalue weighted by Crippen LogP contribution is 2.32. The molecule has 1 aromatic rings. The van der Waals surface area contributed by atoms with Gasteiger partial charge in [-0.15, -0.1) is 0 Å². The van der Waals surface area contributed by atoms with Crippen molar-refractivity contribution in [2.75, 3.05) is 16.2 Å². The van der Waals surface area contributed by atoms with E-state index in [4.69, 9.17) is 5.14 Å². The van der Waals surface area contributed by atoms with Crippen LogP contribution in [-0.2, 0) is 21.4 Å². The molecule has 0 atom stereocenters. The fourth-order valence-electron chi connectivity index (χ4n) is 2.60. The zero-order chi connectivity index (χ0) is 15.6. The van der Waals surface area contributed by atoms with Crippen LogP contribution in [0.15, 0.2) is 18.2 Å². The van der Waals surface area contributed by atoms with Crippen molar-refractivity contribution in [3.8, 4) is 0 Å². The van der Waals surface area contributed by atoms with Crippen LogP contribution >= 0.6 is 0 Å². The third-order valence-electron chi connectivity index (χ3n) is 3.87. The van der Waals surface area contributed by atoms with E-state index in [0.717, 1.165) is 18.4 Å². The Hall–Kier alpha value is -1.60. The summed E-state index contributed by atoms with van der Waals surface area (Å²) in [5, 5.41) is 8.05. The lowest BCUT2D eigenvalue weighted by atomic mass is 10.0. The summed E-state index contributed by atoms with van der Waals surface area (Å²) in [7, 11) is -3.77. The first-order valence-corrected chi connectivity index (χ1v) is 8.61. The van der Waals surface area contributed by atoms with Gasteiger partial charge in [0.1, 0.15) is 0 Å². The summed E-state index contributed by atoms with van der Waals surface area (Å²) in [6.07, 6.45) is 2.18. The number of nitrogens with two attached hydrogens (primary N) is 1. The lowest BCUT2D eigenvalue weighted by Gasteiger charge is -2.17. The SMILES string of the molecule is CCC(CC)C(=O)Nc1ccc2c(c1)N(S(N)(=O)=O)CC2. The standard InChI is InChI=1S/C14H21N3O3S/c1-3-10(4-2)14(18)16-12-6-5-11-7-8-17(13(11)9-12)21(15,19)20/h5-6,9-10H,3-4,7-8H2,1-2H3,(H,16,18)(H2,15,19,20). The Bertz CT molecular complexity index is 639. The molecule has 7 heteroatoms. The summed E-state index contributed by atoms with van der Waals surface area (Å²) in [6, 6.07) is 5.31. The van der Waals surface area contributed by atoms with Crippen LogP contribution in [0.2, 0.25) is 0 Å². The molecule has 0 saturated carbocycles. The molecule has 1 aliphatic heterocycles. The highest BCUT2D eigenvalue weighted by molar-refractivity contribution is 7.90. The van der Waals surface area contributed by atoms with Crippen LogP contribution in [0.3, 0.4) is 0 Å². The topological polar surface area (TPSA) is 92.5 Å². The Labute approximate surface area is 125 Å². The summed E-state index contributed by atoms with van der Waals surface area (Å²) in [5.41, 5.74) is 2.07. The van der Waals surface area contributed by atoms with Crippen LogP contribution in [0.5, 0.6) is 0 Å². The largest absolute Gasteiger partial charge is 0.326 e. The van der Waals surface area contributed by atoms with Crippen molar-refractivity contribution in [2.24, 2.45) is 11.1 Å². The average molecular weight is 311 g/mol. The van der Waals surface area contributed by atoms with E-state index in [1.807, 2.05) is 19.9 Å². The predicted octanol–water partition coefficient (Wildman–Crippen LogP) is 1.63. The third kappa shape index (κ3) is 3.36. The summed E-state index contributed by atoms with van der Waals surface area (Å²) < 4.78 is 24.3. The second-order valence-corrected chi connectivity index (χ2v) is 6.68. The average Bonchev–Trinajstić information content (AvgIpc) is 2.83. The molecular weight excluding hydrogens is 290 g/mol. The number of carbonyl (C=O) groups is 1. The van der Waals surface area contributed by atoms with Gasteiger partial charge in [-0.3, -0.25) is 9.10 Å². The van der Waals surface area contributed by atoms with Crippen molar-refractivity contribution in [2.45, 2.75) is 33.1 Å². The molecule has 0 aromatic heterocycles. The minimum Gasteiger partial charge on any atom is -0.326 e. The molecule has 1 aliphatic rings. The molecule has 1 aromatic carbocycles. The number of hydrogen-bond donors (Lipinski definition) is 2. The number of benzene rings is 1. The van der Waals surface area contributed by atoms with Gasteiger partial charge in [-0.2, -0.15) is 8.42 Å². The van der Waals surface area contributed by atoms with Gasteiger partial charge in [-0.25, -0.2) is 5.14 Å². The van der Waals surface area contributed by atoms with Gasteiger partial charge in [0.2, 0.25) is 5.91 Å². The van der Waals surface area contributed by atoms with Crippen LogP contribution in [-0.4, -0.2) is 20.9 Å². The maximum Gasteiger partial charge on any atom is 0.299 e. The summed E-state index contributed by atoms with van der Waals surface area (Å²) >= 11 is 0. The quantitative estimate of drug-likeness (QED) is 0.865. The molecule has 2 rings (SSSR count). The van der Waals surface area contributed by atoms with Crippen molar-refractivity contribution < 1.29 is 13.2 Å². The molecule has 1 heterocycles. The van der Waals surface area contributed by atoms with E-state index in [1.54, 1.807) is 12.1 Å². The fraction of sp³-hybridized carbons (Fsp3) is 0.500. The smallest absolute Gasteiger partial charge is 0.299 e. The molecule has 1 amide bonds. The van der Waals surface area contributed by atoms with E-state index in [-0.39, 0.29) is 11.8 Å². The minimum absolute atomic E-state index is 0.0346. The maximum absolute atomic E-state index is 12.1. The third-order valence-corrected chi connectivity index (χ3v) is 4.86. The van der Waals surface area contributed by atoms with E-state index in [2.05, 4.69) is 5.32 Å². The molecule has 0 saturated heterocycles. The number of fused-ring (bicyclic) bond motifs is 1. The Morgan fingerprint density at radius 2 is 2.05 bits per heavy atom. The van der Waals surface area contributed by atoms with E-state index < -0.39 is 10.2 Å². The zero-order valence-corrected chi connectivity index (χ0v) is 13.1. The molecule has 21 heavy (non-hydrogen) atoms. The molecule has 6 nitrogen and oxygen atoms in total. The number of anilines is 2. The molecule has 0 aliphatic carbocycles. The first-order valence-electron chi connectivity index (χ1n) is 7.11. The van der Waals surface area contributed by atoms with Crippen LogP contribution in [0.4, 0.5) is 11.4 Å². The van der Waals surface area contributed by atoms with Crippen molar-refractivity contribution in [3.63, 3.8) is 0 Å². The number of carbonyl (C=O) groups excluding carboxylic acids is 1. The maximum atomic E-state index is 12.1. The fourth-order valence-corrected chi connectivity index (χ4v) is 3.39. The van der Waals surface area contributed by atoms with Gasteiger partial charge in [0.15, 0.2) is 0 Å². The van der Waals surface area contributed by atoms with Crippen molar-refractivity contribution in [3.05, 3.63) is 23.8 Å². The Morgan fingerprint density at radius 3 is 2.62 bits per heavy atom. The minimum atomic E-state index is -3.77. The molecule has 116 valence electrons. The van der Waals surface area contributed by atoms with Crippen molar-refractivity contribution in [1.82, 2.24) is 0 Å². The summed E-state index contributed by atoms with van der Waals surface area (Å²) in [6.45, 7) is 4.29. The molecule has 0 radical (unpaired) electrons. The Balaban J connectivity index is 2.24. The van der Waals surface area contributed by atoms with Gasteiger partial charge in [0, 0.05) is 18.2 Å². The molecule has 0 bridgehead atoms. The van der Waals surface area contributed by atoms with Crippen LogP contribution in [0.1, 0.15) is 32.3 Å². The predicted molar refractivity (Wildman–Crippen MR) is 83.3 cm³/mol. The van der Waals surface area contributed by atoms with E-state index >= 15 is 0 Å². The van der Waals surface area contributed by atoms with Gasteiger partial charge in [0.25, 0.3) is 10.2 Å². The molecule has 0 unspecified atom stereocenters. The van der Waals surface area contributed by atoms with Crippen molar-refractivity contribution in [1.29, 1.82) is 0 Å². The highest BCUT2D eigenvalue weighted by Gasteiger charge is 2.27. The first-order chi connectivity index (χ1) is 9.86. The molecule has 3 N–H and O–H groups in total. The van der Waals surface area contributed by atoms with Crippen LogP contribution in [0.25, 0.3) is 0 Å². The number of rotatable bonds is 5. The Kier molecular flexibility index (Phi) is 4.53. The van der Waals surface area contributed by atoms with Gasteiger partial charge in [-0.1, -0.05) is 19.9 Å². The van der Waals surface area contributed by atoms with Gasteiger partial charge < -0.3 is 5.32 Å². The number of amides is 1. The number of nitrogens with zero attached hydrogens (tertiary/aromatic N) is 1. The monoisotopic (exact) mass is 311 g/mol. The number of nitrogens with one attached hydrogen (secondary N) is 1. The summed E-state index contributed by atoms with van der Waals surface area (Å²) in [4.78, 5) is 12.1. The normalized spacial score (nSPS) is 14.4. The second kappa shape index (κ2) is 6.03.